The van der Waals surface area contributed by atoms with Crippen molar-refractivity contribution in [3.8, 4) is 0 Å². The monoisotopic (exact) mass is 272 g/mol. The van der Waals surface area contributed by atoms with Gasteiger partial charge in [-0.1, -0.05) is 6.07 Å². The summed E-state index contributed by atoms with van der Waals surface area (Å²) in [5.41, 5.74) is 7.74. The van der Waals surface area contributed by atoms with E-state index in [-0.39, 0.29) is 5.91 Å². The van der Waals surface area contributed by atoms with Gasteiger partial charge in [-0.25, -0.2) is 4.90 Å². The first-order chi connectivity index (χ1) is 9.41. The van der Waals surface area contributed by atoms with E-state index in [9.17, 15) is 9.59 Å². The Balaban J connectivity index is 2.50. The third-order valence-electron chi connectivity index (χ3n) is 3.02. The molecule has 0 atom stereocenters. The maximum absolute atomic E-state index is 12.6. The molecule has 5 heteroatoms. The number of hydrogen-bond donors (Lipinski definition) is 1. The second-order valence-electron chi connectivity index (χ2n) is 4.60. The van der Waals surface area contributed by atoms with Crippen molar-refractivity contribution in [2.75, 3.05) is 10.6 Å². The van der Waals surface area contributed by atoms with Crippen LogP contribution in [0.4, 0.5) is 11.4 Å². The van der Waals surface area contributed by atoms with Crippen LogP contribution in [0.15, 0.2) is 34.9 Å². The first-order valence-electron chi connectivity index (χ1n) is 6.17. The lowest BCUT2D eigenvalue weighted by molar-refractivity contribution is -0.115. The topological polar surface area (TPSA) is 76.5 Å². The van der Waals surface area contributed by atoms with Crippen molar-refractivity contribution in [3.63, 3.8) is 0 Å². The van der Waals surface area contributed by atoms with Gasteiger partial charge in [0.1, 0.15) is 5.76 Å². The Morgan fingerprint density at radius 2 is 1.95 bits per heavy atom. The number of furan rings is 1. The summed E-state index contributed by atoms with van der Waals surface area (Å²) in [6.07, 6.45) is 1.50. The number of carbonyl (C=O) groups excluding carboxylic acids is 2. The quantitative estimate of drug-likeness (QED) is 0.853. The molecular weight excluding hydrogens is 256 g/mol. The van der Waals surface area contributed by atoms with Crippen LogP contribution < -0.4 is 10.6 Å². The van der Waals surface area contributed by atoms with Crippen molar-refractivity contribution < 1.29 is 14.0 Å². The standard InChI is InChI=1S/C15H16N2O3/c1-9-8-20-10(2)14(9)15(19)17(11(3)18)13-6-4-5-12(16)7-13/h4-8H,16H2,1-3H3. The number of aryl methyl sites for hydroxylation is 2. The molecule has 0 unspecified atom stereocenters. The van der Waals surface area contributed by atoms with Crippen molar-refractivity contribution in [2.24, 2.45) is 0 Å². The molecule has 2 amide bonds. The van der Waals surface area contributed by atoms with Crippen molar-refractivity contribution in [1.29, 1.82) is 0 Å². The molecule has 0 saturated carbocycles. The second-order valence-corrected chi connectivity index (χ2v) is 4.60. The lowest BCUT2D eigenvalue weighted by atomic mass is 10.1. The molecule has 0 spiro atoms. The van der Waals surface area contributed by atoms with Crippen LogP contribution in [0.1, 0.15) is 28.6 Å². The fourth-order valence-corrected chi connectivity index (χ4v) is 2.11. The molecule has 2 rings (SSSR count). The van der Waals surface area contributed by atoms with Gasteiger partial charge in [-0.2, -0.15) is 0 Å². The van der Waals surface area contributed by atoms with Crippen LogP contribution in [-0.2, 0) is 4.79 Å². The van der Waals surface area contributed by atoms with Gasteiger partial charge in [0, 0.05) is 18.2 Å². The van der Waals surface area contributed by atoms with Gasteiger partial charge < -0.3 is 10.2 Å². The van der Waals surface area contributed by atoms with Crippen LogP contribution in [0.5, 0.6) is 0 Å². The number of anilines is 2. The largest absolute Gasteiger partial charge is 0.469 e. The lowest BCUT2D eigenvalue weighted by Gasteiger charge is -2.19. The Morgan fingerprint density at radius 1 is 1.25 bits per heavy atom. The van der Waals surface area contributed by atoms with E-state index < -0.39 is 5.91 Å². The van der Waals surface area contributed by atoms with E-state index in [0.29, 0.717) is 28.3 Å². The molecule has 0 radical (unpaired) electrons. The molecule has 0 aliphatic carbocycles. The van der Waals surface area contributed by atoms with Gasteiger partial charge >= 0.3 is 0 Å². The molecular formula is C15H16N2O3. The summed E-state index contributed by atoms with van der Waals surface area (Å²) in [7, 11) is 0. The van der Waals surface area contributed by atoms with Crippen molar-refractivity contribution in [3.05, 3.63) is 47.4 Å². The fourth-order valence-electron chi connectivity index (χ4n) is 2.11. The first-order valence-corrected chi connectivity index (χ1v) is 6.17. The predicted molar refractivity (Wildman–Crippen MR) is 76.5 cm³/mol. The molecule has 20 heavy (non-hydrogen) atoms. The van der Waals surface area contributed by atoms with Crippen LogP contribution in [0.3, 0.4) is 0 Å². The Bertz CT molecular complexity index is 654. The van der Waals surface area contributed by atoms with Gasteiger partial charge in [0.2, 0.25) is 5.91 Å². The SMILES string of the molecule is CC(=O)N(C(=O)c1c(C)coc1C)c1cccc(N)c1. The molecule has 0 fully saturated rings. The second kappa shape index (κ2) is 5.21. The Morgan fingerprint density at radius 3 is 2.45 bits per heavy atom. The number of rotatable bonds is 2. The normalized spacial score (nSPS) is 10.3. The third kappa shape index (κ3) is 2.42. The number of nitrogens with two attached hydrogens (primary N) is 1. The van der Waals surface area contributed by atoms with E-state index >= 15 is 0 Å². The minimum Gasteiger partial charge on any atom is -0.469 e. The smallest absolute Gasteiger partial charge is 0.268 e. The zero-order valence-electron chi connectivity index (χ0n) is 11.6. The lowest BCUT2D eigenvalue weighted by Crippen LogP contribution is -2.35. The van der Waals surface area contributed by atoms with Gasteiger partial charge in [-0.05, 0) is 32.0 Å². The van der Waals surface area contributed by atoms with Crippen LogP contribution >= 0.6 is 0 Å². The molecule has 1 aromatic heterocycles. The van der Waals surface area contributed by atoms with E-state index in [4.69, 9.17) is 10.2 Å². The van der Waals surface area contributed by atoms with E-state index in [1.54, 1.807) is 38.1 Å². The van der Waals surface area contributed by atoms with Crippen molar-refractivity contribution in [2.45, 2.75) is 20.8 Å². The summed E-state index contributed by atoms with van der Waals surface area (Å²) in [6, 6.07) is 6.65. The molecule has 0 aliphatic heterocycles. The number of nitrogen functional groups attached to an aromatic ring is 1. The van der Waals surface area contributed by atoms with Gasteiger partial charge in [0.25, 0.3) is 5.91 Å². The van der Waals surface area contributed by atoms with Crippen molar-refractivity contribution >= 4 is 23.2 Å². The fraction of sp³-hybridized carbons (Fsp3) is 0.200. The number of amides is 2. The predicted octanol–water partition coefficient (Wildman–Crippen LogP) is 2.67. The van der Waals surface area contributed by atoms with Gasteiger partial charge in [0.05, 0.1) is 17.5 Å². The van der Waals surface area contributed by atoms with Crippen LogP contribution in [0, 0.1) is 13.8 Å². The minimum atomic E-state index is -0.410. The molecule has 0 bridgehead atoms. The maximum Gasteiger partial charge on any atom is 0.268 e. The van der Waals surface area contributed by atoms with Gasteiger partial charge in [-0.15, -0.1) is 0 Å². The first kappa shape index (κ1) is 13.9. The summed E-state index contributed by atoms with van der Waals surface area (Å²) in [4.78, 5) is 25.6. The molecule has 1 aromatic carbocycles. The highest BCUT2D eigenvalue weighted by atomic mass is 16.3. The van der Waals surface area contributed by atoms with Gasteiger partial charge in [-0.3, -0.25) is 9.59 Å². The number of carbonyl (C=O) groups is 2. The van der Waals surface area contributed by atoms with E-state index in [0.717, 1.165) is 4.90 Å². The molecule has 104 valence electrons. The van der Waals surface area contributed by atoms with Gasteiger partial charge in [0.15, 0.2) is 0 Å². The van der Waals surface area contributed by atoms with E-state index in [1.807, 2.05) is 0 Å². The number of nitrogens with zero attached hydrogens (tertiary/aromatic N) is 1. The molecule has 2 N–H and O–H groups in total. The molecule has 1 heterocycles. The number of hydrogen-bond acceptors (Lipinski definition) is 4. The Labute approximate surface area is 117 Å². The molecule has 0 aliphatic rings. The summed E-state index contributed by atoms with van der Waals surface area (Å²) in [6.45, 7) is 4.80. The summed E-state index contributed by atoms with van der Waals surface area (Å²) >= 11 is 0. The molecule has 0 saturated heterocycles. The van der Waals surface area contributed by atoms with E-state index in [1.165, 1.54) is 13.2 Å². The molecule has 2 aromatic rings. The average molecular weight is 272 g/mol. The zero-order valence-corrected chi connectivity index (χ0v) is 11.6. The number of imide groups is 1. The maximum atomic E-state index is 12.6. The molecule has 5 nitrogen and oxygen atoms in total. The van der Waals surface area contributed by atoms with Crippen molar-refractivity contribution in [1.82, 2.24) is 0 Å². The third-order valence-corrected chi connectivity index (χ3v) is 3.02. The summed E-state index contributed by atoms with van der Waals surface area (Å²) < 4.78 is 5.22. The highest BCUT2D eigenvalue weighted by Crippen LogP contribution is 2.24. The highest BCUT2D eigenvalue weighted by molar-refractivity contribution is 6.21. The summed E-state index contributed by atoms with van der Waals surface area (Å²) in [5, 5.41) is 0. The number of benzene rings is 1. The minimum absolute atomic E-state index is 0.374. The highest BCUT2D eigenvalue weighted by Gasteiger charge is 2.26. The summed E-state index contributed by atoms with van der Waals surface area (Å²) in [5.74, 6) is -0.296. The van der Waals surface area contributed by atoms with Crippen LogP contribution in [0.25, 0.3) is 0 Å². The van der Waals surface area contributed by atoms with Crippen LogP contribution in [0.2, 0.25) is 0 Å². The zero-order chi connectivity index (χ0) is 14.9. The van der Waals surface area contributed by atoms with Crippen LogP contribution in [-0.4, -0.2) is 11.8 Å². The Kier molecular flexibility index (Phi) is 3.61. The van der Waals surface area contributed by atoms with E-state index in [2.05, 4.69) is 0 Å². The average Bonchev–Trinajstić information content (AvgIpc) is 2.68. The Hall–Kier alpha value is -2.56.